The smallest absolute Gasteiger partial charge is 0.428 e. The molecule has 1 aliphatic rings. The molecule has 1 atom stereocenters. The number of anilines is 1. The monoisotopic (exact) mass is 468 g/mol. The second-order valence-corrected chi connectivity index (χ2v) is 9.96. The minimum absolute atomic E-state index is 0.221. The number of hydrogen-bond acceptors (Lipinski definition) is 7. The molecule has 0 saturated heterocycles. The topological polar surface area (TPSA) is 68.3 Å². The summed E-state index contributed by atoms with van der Waals surface area (Å²) in [5.41, 5.74) is 3.03. The molecule has 7 nitrogen and oxygen atoms in total. The molecule has 34 heavy (non-hydrogen) atoms. The van der Waals surface area contributed by atoms with Crippen molar-refractivity contribution < 1.29 is 23.8 Å². The van der Waals surface area contributed by atoms with Gasteiger partial charge in [-0.1, -0.05) is 25.1 Å². The summed E-state index contributed by atoms with van der Waals surface area (Å²) in [5, 5.41) is 0. The van der Waals surface area contributed by atoms with E-state index in [1.807, 2.05) is 32.0 Å². The number of benzene rings is 2. The van der Waals surface area contributed by atoms with Crippen LogP contribution >= 0.6 is 0 Å². The number of esters is 1. The first-order valence-electron chi connectivity index (χ1n) is 11.7. The van der Waals surface area contributed by atoms with Crippen LogP contribution in [0.2, 0.25) is 0 Å². The Morgan fingerprint density at radius 2 is 1.68 bits per heavy atom. The molecule has 0 saturated carbocycles. The lowest BCUT2D eigenvalue weighted by molar-refractivity contribution is 0.0201. The van der Waals surface area contributed by atoms with E-state index in [4.69, 9.17) is 14.2 Å². The Balaban J connectivity index is 2.17. The Kier molecular flexibility index (Phi) is 7.56. The zero-order valence-electron chi connectivity index (χ0n) is 21.5. The summed E-state index contributed by atoms with van der Waals surface area (Å²) in [5.74, 6) is 0.0671. The molecule has 184 valence electrons. The maximum Gasteiger partial charge on any atom is 0.514 e. The fraction of sp³-hybridized carbons (Fsp3) is 0.481. The predicted molar refractivity (Wildman–Crippen MR) is 133 cm³/mol. The third-order valence-corrected chi connectivity index (χ3v) is 6.00. The van der Waals surface area contributed by atoms with E-state index in [2.05, 4.69) is 18.7 Å². The number of carbonyl (C=O) groups is 2. The fourth-order valence-corrected chi connectivity index (χ4v) is 4.28. The van der Waals surface area contributed by atoms with Gasteiger partial charge in [0.1, 0.15) is 16.9 Å². The van der Waals surface area contributed by atoms with Gasteiger partial charge < -0.3 is 19.1 Å². The molecule has 0 amide bonds. The molecule has 1 aliphatic heterocycles. The van der Waals surface area contributed by atoms with Crippen LogP contribution < -0.4 is 14.4 Å². The Bertz CT molecular complexity index is 1060. The third kappa shape index (κ3) is 5.53. The van der Waals surface area contributed by atoms with Gasteiger partial charge in [-0.3, -0.25) is 4.90 Å². The highest BCUT2D eigenvalue weighted by Gasteiger charge is 2.36. The molecular weight excluding hydrogens is 432 g/mol. The first-order chi connectivity index (χ1) is 15.9. The number of hydrogen-bond donors (Lipinski definition) is 0. The normalized spacial score (nSPS) is 14.4. The summed E-state index contributed by atoms with van der Waals surface area (Å²) in [7, 11) is 3.91. The molecule has 0 fully saturated rings. The van der Waals surface area contributed by atoms with Crippen LogP contribution in [0.5, 0.6) is 11.5 Å². The van der Waals surface area contributed by atoms with Gasteiger partial charge in [-0.2, -0.15) is 0 Å². The molecule has 7 heteroatoms. The van der Waals surface area contributed by atoms with Gasteiger partial charge in [0, 0.05) is 44.5 Å². The molecular formula is C27H36N2O5. The molecule has 0 aliphatic carbocycles. The first kappa shape index (κ1) is 25.6. The lowest BCUT2D eigenvalue weighted by Gasteiger charge is -2.25. The average molecular weight is 469 g/mol. The third-order valence-electron chi connectivity index (χ3n) is 6.00. The van der Waals surface area contributed by atoms with Gasteiger partial charge in [0.15, 0.2) is 5.75 Å². The van der Waals surface area contributed by atoms with Crippen LogP contribution in [0, 0.1) is 6.92 Å². The van der Waals surface area contributed by atoms with Crippen molar-refractivity contribution in [1.29, 1.82) is 0 Å². The highest BCUT2D eigenvalue weighted by atomic mass is 16.7. The van der Waals surface area contributed by atoms with Crippen molar-refractivity contribution in [2.75, 3.05) is 19.0 Å². The van der Waals surface area contributed by atoms with Crippen LogP contribution in [0.4, 0.5) is 10.5 Å². The molecule has 0 unspecified atom stereocenters. The first-order valence-corrected chi connectivity index (χ1v) is 11.7. The molecule has 0 aromatic heterocycles. The minimum atomic E-state index is -0.845. The van der Waals surface area contributed by atoms with E-state index in [9.17, 15) is 9.59 Å². The standard InChI is InChI=1S/C27H36N2O5/c1-9-17(2)29-15-20-21(16-29)24(33-26(31)34-27(4,5)6)22(18(3)23(20)28(7)8)25(30)32-19-13-11-10-12-14-19/h10-14,17H,9,15-16H2,1-8H3/t17-/m0/s1. The zero-order chi connectivity index (χ0) is 25.2. The van der Waals surface area contributed by atoms with Crippen molar-refractivity contribution in [2.45, 2.75) is 72.7 Å². The summed E-state index contributed by atoms with van der Waals surface area (Å²) < 4.78 is 16.9. The SMILES string of the molecule is CC[C@H](C)N1Cc2c(c(N(C)C)c(C)c(C(=O)Oc3ccccc3)c2OC(=O)OC(C)(C)C)C1. The molecule has 2 aromatic carbocycles. The van der Waals surface area contributed by atoms with E-state index >= 15 is 0 Å². The maximum atomic E-state index is 13.5. The number of nitrogens with zero attached hydrogens (tertiary/aromatic N) is 2. The number of carbonyl (C=O) groups excluding carboxylic acids is 2. The highest BCUT2D eigenvalue weighted by Crippen LogP contribution is 2.44. The Hall–Kier alpha value is -3.06. The van der Waals surface area contributed by atoms with Crippen molar-refractivity contribution in [3.63, 3.8) is 0 Å². The molecule has 3 rings (SSSR count). The van der Waals surface area contributed by atoms with Crippen molar-refractivity contribution in [2.24, 2.45) is 0 Å². The summed E-state index contributed by atoms with van der Waals surface area (Å²) in [4.78, 5) is 30.6. The van der Waals surface area contributed by atoms with Gasteiger partial charge in [-0.25, -0.2) is 9.59 Å². The molecule has 0 N–H and O–H groups in total. The highest BCUT2D eigenvalue weighted by molar-refractivity contribution is 5.99. The van der Waals surface area contributed by atoms with Gasteiger partial charge in [0.2, 0.25) is 0 Å². The Labute approximate surface area is 202 Å². The summed E-state index contributed by atoms with van der Waals surface area (Å²) in [6.07, 6.45) is 0.137. The number of ether oxygens (including phenoxy) is 3. The van der Waals surface area contributed by atoms with Gasteiger partial charge in [-0.15, -0.1) is 0 Å². The fourth-order valence-electron chi connectivity index (χ4n) is 4.28. The second kappa shape index (κ2) is 10.1. The van der Waals surface area contributed by atoms with E-state index in [1.54, 1.807) is 45.0 Å². The average Bonchev–Trinajstić information content (AvgIpc) is 3.17. The maximum absolute atomic E-state index is 13.5. The quantitative estimate of drug-likeness (QED) is 0.306. The predicted octanol–water partition coefficient (Wildman–Crippen LogP) is 5.71. The molecule has 1 heterocycles. The number of para-hydroxylation sites is 1. The van der Waals surface area contributed by atoms with E-state index in [-0.39, 0.29) is 11.3 Å². The largest absolute Gasteiger partial charge is 0.514 e. The molecule has 0 bridgehead atoms. The number of rotatable bonds is 6. The van der Waals surface area contributed by atoms with E-state index in [0.717, 1.165) is 23.2 Å². The van der Waals surface area contributed by atoms with Crippen molar-refractivity contribution >= 4 is 17.8 Å². The van der Waals surface area contributed by atoms with Crippen LogP contribution in [-0.4, -0.2) is 42.8 Å². The molecule has 0 radical (unpaired) electrons. The van der Waals surface area contributed by atoms with Crippen LogP contribution in [0.3, 0.4) is 0 Å². The van der Waals surface area contributed by atoms with Crippen molar-refractivity contribution in [3.8, 4) is 11.5 Å². The summed E-state index contributed by atoms with van der Waals surface area (Å²) >= 11 is 0. The van der Waals surface area contributed by atoms with E-state index < -0.39 is 17.7 Å². The number of fused-ring (bicyclic) bond motifs is 1. The molecule has 2 aromatic rings. The van der Waals surface area contributed by atoms with Crippen LogP contribution in [0.1, 0.15) is 68.1 Å². The summed E-state index contributed by atoms with van der Waals surface area (Å²) in [6, 6.07) is 9.20. The van der Waals surface area contributed by atoms with Crippen molar-refractivity contribution in [1.82, 2.24) is 4.90 Å². The Morgan fingerprint density at radius 1 is 1.06 bits per heavy atom. The second-order valence-electron chi connectivity index (χ2n) is 9.96. The van der Waals surface area contributed by atoms with Crippen LogP contribution in [0.15, 0.2) is 30.3 Å². The Morgan fingerprint density at radius 3 is 2.24 bits per heavy atom. The molecule has 0 spiro atoms. The minimum Gasteiger partial charge on any atom is -0.428 e. The van der Waals surface area contributed by atoms with Crippen LogP contribution in [-0.2, 0) is 17.8 Å². The lowest BCUT2D eigenvalue weighted by Crippen LogP contribution is -2.28. The van der Waals surface area contributed by atoms with E-state index in [1.165, 1.54) is 0 Å². The van der Waals surface area contributed by atoms with Crippen molar-refractivity contribution in [3.05, 3.63) is 52.6 Å². The summed E-state index contributed by atoms with van der Waals surface area (Å²) in [6.45, 7) is 12.8. The zero-order valence-corrected chi connectivity index (χ0v) is 21.5. The van der Waals surface area contributed by atoms with Crippen LogP contribution in [0.25, 0.3) is 0 Å². The van der Waals surface area contributed by atoms with E-state index in [0.29, 0.717) is 30.4 Å². The van der Waals surface area contributed by atoms with Gasteiger partial charge in [0.05, 0.1) is 0 Å². The van der Waals surface area contributed by atoms with Gasteiger partial charge in [-0.05, 0) is 64.3 Å². The van der Waals surface area contributed by atoms with Gasteiger partial charge >= 0.3 is 12.1 Å². The lowest BCUT2D eigenvalue weighted by atomic mass is 9.95. The van der Waals surface area contributed by atoms with Gasteiger partial charge in [0.25, 0.3) is 0 Å².